The second-order valence-corrected chi connectivity index (χ2v) is 7.48. The summed E-state index contributed by atoms with van der Waals surface area (Å²) in [6.45, 7) is 2.00. The average molecular weight is 364 g/mol. The van der Waals surface area contributed by atoms with Crippen molar-refractivity contribution in [2.75, 3.05) is 5.32 Å². The minimum atomic E-state index is 0.00859. The molecule has 1 N–H and O–H groups in total. The van der Waals surface area contributed by atoms with E-state index in [2.05, 4.69) is 27.3 Å². The van der Waals surface area contributed by atoms with Crippen molar-refractivity contribution < 1.29 is 4.79 Å². The van der Waals surface area contributed by atoms with Crippen molar-refractivity contribution in [1.29, 1.82) is 0 Å². The first kappa shape index (κ1) is 14.8. The van der Waals surface area contributed by atoms with Crippen LogP contribution in [0.3, 0.4) is 0 Å². The molecule has 0 fully saturated rings. The summed E-state index contributed by atoms with van der Waals surface area (Å²) in [5, 5.41) is 3.03. The lowest BCUT2D eigenvalue weighted by Crippen LogP contribution is -2.11. The Morgan fingerprint density at radius 2 is 2.05 bits per heavy atom. The van der Waals surface area contributed by atoms with Crippen molar-refractivity contribution in [2.45, 2.75) is 39.0 Å². The summed E-state index contributed by atoms with van der Waals surface area (Å²) < 4.78 is 1.02. The Morgan fingerprint density at radius 3 is 2.90 bits per heavy atom. The first-order valence-electron chi connectivity index (χ1n) is 7.33. The Labute approximate surface area is 137 Å². The van der Waals surface area contributed by atoms with E-state index in [1.807, 2.05) is 25.1 Å². The zero-order chi connectivity index (χ0) is 14.8. The van der Waals surface area contributed by atoms with Crippen LogP contribution >= 0.6 is 27.3 Å². The molecule has 1 aromatic carbocycles. The minimum absolute atomic E-state index is 0.00859. The monoisotopic (exact) mass is 363 g/mol. The third-order valence-electron chi connectivity index (χ3n) is 3.99. The molecule has 1 aliphatic carbocycles. The molecular formula is C17H18BrNOS. The van der Waals surface area contributed by atoms with Crippen molar-refractivity contribution in [3.8, 4) is 0 Å². The number of anilines is 1. The van der Waals surface area contributed by atoms with Gasteiger partial charge in [0.1, 0.15) is 0 Å². The first-order chi connectivity index (χ1) is 10.1. The third kappa shape index (κ3) is 3.22. The molecule has 2 aromatic rings. The second-order valence-electron chi connectivity index (χ2n) is 5.49. The van der Waals surface area contributed by atoms with Crippen molar-refractivity contribution in [3.05, 3.63) is 49.6 Å². The molecule has 1 heterocycles. The number of rotatable bonds is 2. The largest absolute Gasteiger partial charge is 0.321 e. The Bertz CT molecular complexity index is 654. The summed E-state index contributed by atoms with van der Waals surface area (Å²) in [5.74, 6) is 0.00859. The SMILES string of the molecule is Cc1c(Br)cccc1NC(=O)c1cc2c(s1)CCCCC2. The zero-order valence-electron chi connectivity index (χ0n) is 12.0. The van der Waals surface area contributed by atoms with Gasteiger partial charge in [0, 0.05) is 15.0 Å². The van der Waals surface area contributed by atoms with Gasteiger partial charge in [-0.15, -0.1) is 11.3 Å². The topological polar surface area (TPSA) is 29.1 Å². The number of nitrogens with one attached hydrogen (secondary N) is 1. The van der Waals surface area contributed by atoms with Crippen LogP contribution in [0.1, 0.15) is 44.9 Å². The van der Waals surface area contributed by atoms with Crippen molar-refractivity contribution >= 4 is 38.9 Å². The van der Waals surface area contributed by atoms with E-state index < -0.39 is 0 Å². The number of hydrogen-bond donors (Lipinski definition) is 1. The lowest BCUT2D eigenvalue weighted by Gasteiger charge is -2.08. The molecule has 4 heteroatoms. The summed E-state index contributed by atoms with van der Waals surface area (Å²) in [5.41, 5.74) is 3.32. The van der Waals surface area contributed by atoms with Gasteiger partial charge < -0.3 is 5.32 Å². The van der Waals surface area contributed by atoms with Crippen LogP contribution in [0, 0.1) is 6.92 Å². The highest BCUT2D eigenvalue weighted by molar-refractivity contribution is 9.10. The Kier molecular flexibility index (Phi) is 4.45. The van der Waals surface area contributed by atoms with Crippen LogP contribution in [0.2, 0.25) is 0 Å². The minimum Gasteiger partial charge on any atom is -0.321 e. The lowest BCUT2D eigenvalue weighted by atomic mass is 10.1. The van der Waals surface area contributed by atoms with E-state index >= 15 is 0 Å². The maximum atomic E-state index is 12.5. The maximum absolute atomic E-state index is 12.5. The quantitative estimate of drug-likeness (QED) is 0.716. The Hall–Kier alpha value is -1.13. The first-order valence-corrected chi connectivity index (χ1v) is 8.94. The molecule has 0 spiro atoms. The van der Waals surface area contributed by atoms with E-state index in [-0.39, 0.29) is 5.91 Å². The second kappa shape index (κ2) is 6.32. The smallest absolute Gasteiger partial charge is 0.265 e. The fourth-order valence-electron chi connectivity index (χ4n) is 2.71. The van der Waals surface area contributed by atoms with E-state index in [0.717, 1.165) is 33.4 Å². The standard InChI is InChI=1S/C17H18BrNOS/c1-11-13(18)7-5-8-14(11)19-17(20)16-10-12-6-3-2-4-9-15(12)21-16/h5,7-8,10H,2-4,6,9H2,1H3,(H,19,20). The summed E-state index contributed by atoms with van der Waals surface area (Å²) in [6, 6.07) is 7.96. The molecule has 1 aromatic heterocycles. The van der Waals surface area contributed by atoms with Gasteiger partial charge in [0.05, 0.1) is 4.88 Å². The zero-order valence-corrected chi connectivity index (χ0v) is 14.4. The van der Waals surface area contributed by atoms with Gasteiger partial charge in [0.2, 0.25) is 0 Å². The summed E-state index contributed by atoms with van der Waals surface area (Å²) in [4.78, 5) is 14.7. The molecule has 0 aliphatic heterocycles. The van der Waals surface area contributed by atoms with E-state index in [0.29, 0.717) is 0 Å². The number of halogens is 1. The average Bonchev–Trinajstić information content (AvgIpc) is 2.75. The van der Waals surface area contributed by atoms with Gasteiger partial charge in [-0.3, -0.25) is 4.79 Å². The van der Waals surface area contributed by atoms with Crippen LogP contribution in [0.15, 0.2) is 28.7 Å². The fraction of sp³-hybridized carbons (Fsp3) is 0.353. The molecule has 0 atom stereocenters. The number of hydrogen-bond acceptors (Lipinski definition) is 2. The number of thiophene rings is 1. The Balaban J connectivity index is 1.81. The summed E-state index contributed by atoms with van der Waals surface area (Å²) in [6.07, 6.45) is 6.05. The van der Waals surface area contributed by atoms with Crippen LogP contribution in [0.25, 0.3) is 0 Å². The van der Waals surface area contributed by atoms with Gasteiger partial charge in [-0.2, -0.15) is 0 Å². The van der Waals surface area contributed by atoms with Gasteiger partial charge in [0.15, 0.2) is 0 Å². The molecule has 0 saturated carbocycles. The molecule has 0 bridgehead atoms. The van der Waals surface area contributed by atoms with Gasteiger partial charge in [-0.05, 0) is 61.9 Å². The van der Waals surface area contributed by atoms with Gasteiger partial charge in [0.25, 0.3) is 5.91 Å². The van der Waals surface area contributed by atoms with E-state index in [4.69, 9.17) is 0 Å². The molecule has 0 radical (unpaired) electrons. The number of carbonyl (C=O) groups is 1. The normalized spacial score (nSPS) is 14.4. The molecule has 110 valence electrons. The number of amides is 1. The van der Waals surface area contributed by atoms with Crippen LogP contribution in [0.5, 0.6) is 0 Å². The molecule has 0 saturated heterocycles. The van der Waals surface area contributed by atoms with Crippen molar-refractivity contribution in [3.63, 3.8) is 0 Å². The van der Waals surface area contributed by atoms with Crippen LogP contribution in [-0.4, -0.2) is 5.91 Å². The predicted molar refractivity (Wildman–Crippen MR) is 92.4 cm³/mol. The van der Waals surface area contributed by atoms with E-state index in [9.17, 15) is 4.79 Å². The molecule has 21 heavy (non-hydrogen) atoms. The van der Waals surface area contributed by atoms with Gasteiger partial charge in [-0.1, -0.05) is 28.4 Å². The number of carbonyl (C=O) groups excluding carboxylic acids is 1. The highest BCUT2D eigenvalue weighted by Crippen LogP contribution is 2.30. The molecule has 2 nitrogen and oxygen atoms in total. The molecule has 1 aliphatic rings. The van der Waals surface area contributed by atoms with Gasteiger partial charge in [-0.25, -0.2) is 0 Å². The van der Waals surface area contributed by atoms with Crippen LogP contribution in [-0.2, 0) is 12.8 Å². The summed E-state index contributed by atoms with van der Waals surface area (Å²) in [7, 11) is 0. The maximum Gasteiger partial charge on any atom is 0.265 e. The summed E-state index contributed by atoms with van der Waals surface area (Å²) >= 11 is 5.16. The van der Waals surface area contributed by atoms with Crippen LogP contribution < -0.4 is 5.32 Å². The predicted octanol–water partition coefficient (Wildman–Crippen LogP) is 5.34. The van der Waals surface area contributed by atoms with Crippen molar-refractivity contribution in [2.24, 2.45) is 0 Å². The highest BCUT2D eigenvalue weighted by atomic mass is 79.9. The third-order valence-corrected chi connectivity index (χ3v) is 6.08. The van der Waals surface area contributed by atoms with Crippen molar-refractivity contribution in [1.82, 2.24) is 0 Å². The lowest BCUT2D eigenvalue weighted by molar-refractivity contribution is 0.103. The van der Waals surface area contributed by atoms with E-state index in [1.54, 1.807) is 11.3 Å². The Morgan fingerprint density at radius 1 is 1.24 bits per heavy atom. The number of benzene rings is 1. The molecular weight excluding hydrogens is 346 g/mol. The number of fused-ring (bicyclic) bond motifs is 1. The highest BCUT2D eigenvalue weighted by Gasteiger charge is 2.17. The number of aryl methyl sites for hydroxylation is 2. The molecule has 0 unspecified atom stereocenters. The van der Waals surface area contributed by atoms with Gasteiger partial charge >= 0.3 is 0 Å². The van der Waals surface area contributed by atoms with Crippen LogP contribution in [0.4, 0.5) is 5.69 Å². The molecule has 3 rings (SSSR count). The van der Waals surface area contributed by atoms with E-state index in [1.165, 1.54) is 29.7 Å². The molecule has 1 amide bonds. The fourth-order valence-corrected chi connectivity index (χ4v) is 4.22.